The first-order chi connectivity index (χ1) is 18.9. The highest BCUT2D eigenvalue weighted by Gasteiger charge is 2.42. The second kappa shape index (κ2) is 14.1. The summed E-state index contributed by atoms with van der Waals surface area (Å²) in [5.41, 5.74) is 1.97. The summed E-state index contributed by atoms with van der Waals surface area (Å²) < 4.78 is 0. The number of carbonyl (C=O) groups excluding carboxylic acids is 2. The number of H-pyrrole nitrogens is 1. The lowest BCUT2D eigenvalue weighted by molar-refractivity contribution is -0.137. The topological polar surface area (TPSA) is 127 Å². The maximum absolute atomic E-state index is 13.8. The molecule has 1 saturated carbocycles. The van der Waals surface area contributed by atoms with Crippen molar-refractivity contribution in [3.05, 3.63) is 54.1 Å². The number of amides is 3. The number of aliphatic carboxylic acids is 1. The van der Waals surface area contributed by atoms with Crippen molar-refractivity contribution in [2.45, 2.75) is 83.1 Å². The minimum Gasteiger partial charge on any atom is -0.481 e. The molecular formula is C30H43N5O4. The molecule has 39 heavy (non-hydrogen) atoms. The van der Waals surface area contributed by atoms with Gasteiger partial charge in [0, 0.05) is 45.1 Å². The third-order valence-electron chi connectivity index (χ3n) is 8.72. The van der Waals surface area contributed by atoms with Crippen LogP contribution < -0.4 is 10.6 Å². The van der Waals surface area contributed by atoms with Gasteiger partial charge in [-0.15, -0.1) is 0 Å². The van der Waals surface area contributed by atoms with Crippen LogP contribution in [0, 0.1) is 11.3 Å². The van der Waals surface area contributed by atoms with Gasteiger partial charge >= 0.3 is 12.0 Å². The number of aromatic nitrogens is 2. The van der Waals surface area contributed by atoms with Gasteiger partial charge in [0.15, 0.2) is 0 Å². The second-order valence-corrected chi connectivity index (χ2v) is 11.2. The van der Waals surface area contributed by atoms with E-state index >= 15 is 0 Å². The zero-order chi connectivity index (χ0) is 27.5. The van der Waals surface area contributed by atoms with Crippen LogP contribution in [0.2, 0.25) is 0 Å². The summed E-state index contributed by atoms with van der Waals surface area (Å²) in [6, 6.07) is 8.76. The van der Waals surface area contributed by atoms with E-state index in [9.17, 15) is 19.5 Å². The lowest BCUT2D eigenvalue weighted by Gasteiger charge is -2.49. The average Bonchev–Trinajstić information content (AvgIpc) is 3.47. The van der Waals surface area contributed by atoms with E-state index in [0.717, 1.165) is 30.5 Å². The van der Waals surface area contributed by atoms with Crippen LogP contribution in [0.3, 0.4) is 0 Å². The molecule has 2 aromatic rings. The fraction of sp³-hybridized carbons (Fsp3) is 0.600. The Balaban J connectivity index is 1.39. The third kappa shape index (κ3) is 8.31. The molecule has 1 aromatic heterocycles. The number of benzene rings is 1. The maximum Gasteiger partial charge on any atom is 0.315 e. The first-order valence-corrected chi connectivity index (χ1v) is 14.5. The Labute approximate surface area is 231 Å². The number of carboxylic acid groups (broad SMARTS) is 1. The van der Waals surface area contributed by atoms with Crippen molar-refractivity contribution in [2.24, 2.45) is 11.3 Å². The van der Waals surface area contributed by atoms with Crippen LogP contribution in [0.25, 0.3) is 0 Å². The summed E-state index contributed by atoms with van der Waals surface area (Å²) in [6.45, 7) is 1.72. The molecular weight excluding hydrogens is 494 g/mol. The number of imidazole rings is 1. The molecule has 0 spiro atoms. The first-order valence-electron chi connectivity index (χ1n) is 14.5. The monoisotopic (exact) mass is 537 g/mol. The maximum atomic E-state index is 13.8. The summed E-state index contributed by atoms with van der Waals surface area (Å²) in [5.74, 6) is -0.182. The number of nitrogens with zero attached hydrogens (tertiary/aromatic N) is 2. The van der Waals surface area contributed by atoms with E-state index in [1.165, 1.54) is 32.1 Å². The number of likely N-dealkylation sites (tertiary alicyclic amines) is 1. The zero-order valence-electron chi connectivity index (χ0n) is 22.9. The lowest BCUT2D eigenvalue weighted by atomic mass is 9.61. The van der Waals surface area contributed by atoms with E-state index in [0.29, 0.717) is 44.8 Å². The smallest absolute Gasteiger partial charge is 0.315 e. The molecule has 9 heteroatoms. The number of carbonyl (C=O) groups is 3. The Morgan fingerprint density at radius 1 is 1.10 bits per heavy atom. The minimum absolute atomic E-state index is 0.0518. The molecule has 4 rings (SSSR count). The van der Waals surface area contributed by atoms with Crippen LogP contribution in [-0.4, -0.2) is 63.6 Å². The summed E-state index contributed by atoms with van der Waals surface area (Å²) in [7, 11) is 0. The number of piperidine rings is 1. The molecule has 9 nitrogen and oxygen atoms in total. The van der Waals surface area contributed by atoms with Gasteiger partial charge in [0.1, 0.15) is 6.04 Å². The molecule has 2 heterocycles. The quantitative estimate of drug-likeness (QED) is 0.321. The van der Waals surface area contributed by atoms with Gasteiger partial charge in [0.25, 0.3) is 0 Å². The predicted octanol–water partition coefficient (Wildman–Crippen LogP) is 4.31. The first kappa shape index (κ1) is 28.6. The van der Waals surface area contributed by atoms with Crippen LogP contribution in [0.1, 0.15) is 75.5 Å². The Morgan fingerprint density at radius 3 is 2.51 bits per heavy atom. The van der Waals surface area contributed by atoms with Gasteiger partial charge in [-0.2, -0.15) is 0 Å². The average molecular weight is 538 g/mol. The minimum atomic E-state index is -0.737. The highest BCUT2D eigenvalue weighted by Crippen LogP contribution is 2.49. The van der Waals surface area contributed by atoms with Crippen molar-refractivity contribution >= 4 is 17.9 Å². The van der Waals surface area contributed by atoms with Gasteiger partial charge in [-0.3, -0.25) is 9.59 Å². The number of hydrogen-bond donors (Lipinski definition) is 4. The van der Waals surface area contributed by atoms with Crippen molar-refractivity contribution in [3.63, 3.8) is 0 Å². The highest BCUT2D eigenvalue weighted by molar-refractivity contribution is 5.87. The van der Waals surface area contributed by atoms with E-state index in [-0.39, 0.29) is 23.8 Å². The molecule has 1 unspecified atom stereocenters. The summed E-state index contributed by atoms with van der Waals surface area (Å²) in [5, 5.41) is 15.0. The normalized spacial score (nSPS) is 18.3. The van der Waals surface area contributed by atoms with Gasteiger partial charge < -0.3 is 25.6 Å². The van der Waals surface area contributed by atoms with Crippen molar-refractivity contribution in [1.82, 2.24) is 25.5 Å². The number of nitrogens with one attached hydrogen (secondary N) is 3. The summed E-state index contributed by atoms with van der Waals surface area (Å²) in [6.07, 6.45) is 14.2. The fourth-order valence-electron chi connectivity index (χ4n) is 6.55. The number of rotatable bonds is 12. The third-order valence-corrected chi connectivity index (χ3v) is 8.72. The Bertz CT molecular complexity index is 1040. The van der Waals surface area contributed by atoms with Crippen LogP contribution in [0.4, 0.5) is 4.79 Å². The summed E-state index contributed by atoms with van der Waals surface area (Å²) in [4.78, 5) is 46.8. The van der Waals surface area contributed by atoms with Crippen molar-refractivity contribution < 1.29 is 19.5 Å². The van der Waals surface area contributed by atoms with Crippen LogP contribution in [0.5, 0.6) is 0 Å². The van der Waals surface area contributed by atoms with E-state index < -0.39 is 12.0 Å². The van der Waals surface area contributed by atoms with Gasteiger partial charge in [-0.05, 0) is 55.4 Å². The molecule has 3 amide bonds. The SMILES string of the molecule is O=C(O)CCCC1(C2CCCCC2)CCN(C(=O)C(Cc2ccccc2)NC(=O)NCCc2c[nH]cn2)CC1. The van der Waals surface area contributed by atoms with Gasteiger partial charge in [-0.25, -0.2) is 9.78 Å². The van der Waals surface area contributed by atoms with Gasteiger partial charge in [0.2, 0.25) is 5.91 Å². The second-order valence-electron chi connectivity index (χ2n) is 11.2. The van der Waals surface area contributed by atoms with E-state index in [4.69, 9.17) is 0 Å². The number of hydrogen-bond acceptors (Lipinski definition) is 4. The molecule has 4 N–H and O–H groups in total. The van der Waals surface area contributed by atoms with Gasteiger partial charge in [0.05, 0.1) is 12.0 Å². The Hall–Kier alpha value is -3.36. The van der Waals surface area contributed by atoms with Crippen molar-refractivity contribution in [2.75, 3.05) is 19.6 Å². The van der Waals surface area contributed by atoms with E-state index in [1.807, 2.05) is 35.2 Å². The Kier molecular flexibility index (Phi) is 10.4. The van der Waals surface area contributed by atoms with Crippen LogP contribution in [-0.2, 0) is 22.4 Å². The molecule has 1 aromatic carbocycles. The molecule has 1 aliphatic heterocycles. The van der Waals surface area contributed by atoms with Gasteiger partial charge in [-0.1, -0.05) is 49.6 Å². The van der Waals surface area contributed by atoms with Crippen LogP contribution in [0.15, 0.2) is 42.9 Å². The standard InChI is InChI=1S/C30H43N5O4/c36-27(37)12-7-14-30(24-10-5-2-6-11-24)15-18-35(19-16-30)28(38)26(20-23-8-3-1-4-9-23)34-29(39)32-17-13-25-21-31-22-33-25/h1,3-4,8-9,21-22,24,26H,2,5-7,10-20H2,(H,31,33)(H,36,37)(H2,32,34,39). The molecule has 2 fully saturated rings. The molecule has 212 valence electrons. The number of urea groups is 1. The van der Waals surface area contributed by atoms with Crippen molar-refractivity contribution in [3.8, 4) is 0 Å². The number of carboxylic acids is 1. The highest BCUT2D eigenvalue weighted by atomic mass is 16.4. The molecule has 1 aliphatic carbocycles. The number of aromatic amines is 1. The summed E-state index contributed by atoms with van der Waals surface area (Å²) >= 11 is 0. The molecule has 2 aliphatic rings. The predicted molar refractivity (Wildman–Crippen MR) is 149 cm³/mol. The van der Waals surface area contributed by atoms with Crippen molar-refractivity contribution in [1.29, 1.82) is 0 Å². The largest absolute Gasteiger partial charge is 0.481 e. The molecule has 0 bridgehead atoms. The lowest BCUT2D eigenvalue weighted by Crippen LogP contribution is -2.55. The Morgan fingerprint density at radius 2 is 1.85 bits per heavy atom. The van der Waals surface area contributed by atoms with Crippen LogP contribution >= 0.6 is 0 Å². The molecule has 0 radical (unpaired) electrons. The van der Waals surface area contributed by atoms with E-state index in [1.54, 1.807) is 12.5 Å². The fourth-order valence-corrected chi connectivity index (χ4v) is 6.55. The zero-order valence-corrected chi connectivity index (χ0v) is 22.9. The molecule has 1 saturated heterocycles. The molecule has 1 atom stereocenters. The van der Waals surface area contributed by atoms with E-state index in [2.05, 4.69) is 20.6 Å².